The molecule has 18 heavy (non-hydrogen) atoms. The minimum absolute atomic E-state index is 0.0241. The highest BCUT2D eigenvalue weighted by Crippen LogP contribution is 2.21. The molecule has 0 aliphatic rings. The van der Waals surface area contributed by atoms with Gasteiger partial charge in [0.2, 0.25) is 0 Å². The third-order valence-corrected chi connectivity index (χ3v) is 3.00. The molecule has 1 aromatic carbocycles. The molecular weight excluding hydrogens is 237 g/mol. The van der Waals surface area contributed by atoms with Crippen molar-refractivity contribution in [3.8, 4) is 5.75 Å². The molecule has 0 heterocycles. The summed E-state index contributed by atoms with van der Waals surface area (Å²) in [6, 6.07) is 3.93. The fourth-order valence-electron chi connectivity index (χ4n) is 1.37. The standard InChI is InChI=1S/C13H18FNO3/c1-13(2,8-16)15(3)12(17)9-5-6-10(14)11(7-9)18-4/h5-7,16H,8H2,1-4H3. The van der Waals surface area contributed by atoms with E-state index in [1.807, 2.05) is 0 Å². The molecule has 5 heteroatoms. The van der Waals surface area contributed by atoms with E-state index in [9.17, 15) is 14.3 Å². The van der Waals surface area contributed by atoms with Crippen LogP contribution < -0.4 is 4.74 Å². The molecule has 1 rings (SSSR count). The molecule has 0 radical (unpaired) electrons. The van der Waals surface area contributed by atoms with Crippen LogP contribution in [0, 0.1) is 5.82 Å². The number of carbonyl (C=O) groups excluding carboxylic acids is 1. The molecule has 0 spiro atoms. The van der Waals surface area contributed by atoms with E-state index in [1.54, 1.807) is 20.9 Å². The minimum atomic E-state index is -0.682. The van der Waals surface area contributed by atoms with Crippen LogP contribution in [0.1, 0.15) is 24.2 Å². The van der Waals surface area contributed by atoms with Gasteiger partial charge in [0.1, 0.15) is 0 Å². The summed E-state index contributed by atoms with van der Waals surface area (Å²) in [5.74, 6) is -0.790. The number of hydrogen-bond donors (Lipinski definition) is 1. The number of rotatable bonds is 4. The Morgan fingerprint density at radius 2 is 2.11 bits per heavy atom. The van der Waals surface area contributed by atoms with Crippen molar-refractivity contribution in [1.29, 1.82) is 0 Å². The van der Waals surface area contributed by atoms with Gasteiger partial charge < -0.3 is 14.7 Å². The van der Waals surface area contributed by atoms with Gasteiger partial charge in [-0.05, 0) is 32.0 Å². The Balaban J connectivity index is 3.04. The summed E-state index contributed by atoms with van der Waals surface area (Å²) >= 11 is 0. The first-order valence-corrected chi connectivity index (χ1v) is 5.56. The number of aliphatic hydroxyl groups is 1. The third-order valence-electron chi connectivity index (χ3n) is 3.00. The zero-order valence-corrected chi connectivity index (χ0v) is 11.0. The summed E-state index contributed by atoms with van der Waals surface area (Å²) in [6.45, 7) is 3.32. The van der Waals surface area contributed by atoms with E-state index in [-0.39, 0.29) is 18.3 Å². The van der Waals surface area contributed by atoms with Crippen LogP contribution in [0.3, 0.4) is 0 Å². The van der Waals surface area contributed by atoms with Crippen molar-refractivity contribution in [2.75, 3.05) is 20.8 Å². The van der Waals surface area contributed by atoms with Crippen molar-refractivity contribution in [3.05, 3.63) is 29.6 Å². The van der Waals surface area contributed by atoms with Crippen LogP contribution in [0.2, 0.25) is 0 Å². The Kier molecular flexibility index (Phi) is 4.29. The van der Waals surface area contributed by atoms with Crippen molar-refractivity contribution >= 4 is 5.91 Å². The van der Waals surface area contributed by atoms with Crippen molar-refractivity contribution in [2.24, 2.45) is 0 Å². The molecule has 4 nitrogen and oxygen atoms in total. The molecule has 0 saturated carbocycles. The summed E-state index contributed by atoms with van der Waals surface area (Å²) in [5.41, 5.74) is -0.365. The lowest BCUT2D eigenvalue weighted by Gasteiger charge is -2.34. The van der Waals surface area contributed by atoms with Gasteiger partial charge in [-0.15, -0.1) is 0 Å². The molecule has 0 atom stereocenters. The zero-order valence-electron chi connectivity index (χ0n) is 11.0. The maximum absolute atomic E-state index is 13.2. The van der Waals surface area contributed by atoms with Crippen LogP contribution in [0.25, 0.3) is 0 Å². The van der Waals surface area contributed by atoms with E-state index in [4.69, 9.17) is 4.74 Å². The zero-order chi connectivity index (χ0) is 13.9. The highest BCUT2D eigenvalue weighted by Gasteiger charge is 2.27. The maximum atomic E-state index is 13.2. The predicted octanol–water partition coefficient (Wildman–Crippen LogP) is 1.68. The third kappa shape index (κ3) is 2.79. The Bertz CT molecular complexity index is 446. The minimum Gasteiger partial charge on any atom is -0.494 e. The van der Waals surface area contributed by atoms with Crippen LogP contribution in [0.15, 0.2) is 18.2 Å². The molecule has 0 bridgehead atoms. The van der Waals surface area contributed by atoms with Gasteiger partial charge in [0.15, 0.2) is 11.6 Å². The number of amides is 1. The van der Waals surface area contributed by atoms with Gasteiger partial charge in [-0.25, -0.2) is 4.39 Å². The molecule has 0 aliphatic carbocycles. The van der Waals surface area contributed by atoms with Crippen LogP contribution in [0.5, 0.6) is 5.75 Å². The van der Waals surface area contributed by atoms with Gasteiger partial charge in [-0.1, -0.05) is 0 Å². The SMILES string of the molecule is COc1cc(C(=O)N(C)C(C)(C)CO)ccc1F. The van der Waals surface area contributed by atoms with E-state index in [2.05, 4.69) is 0 Å². The number of ether oxygens (including phenoxy) is 1. The molecule has 0 aliphatic heterocycles. The van der Waals surface area contributed by atoms with Gasteiger partial charge in [-0.3, -0.25) is 4.79 Å². The largest absolute Gasteiger partial charge is 0.494 e. The summed E-state index contributed by atoms with van der Waals surface area (Å²) in [4.78, 5) is 13.6. The summed E-state index contributed by atoms with van der Waals surface area (Å²) in [7, 11) is 2.93. The van der Waals surface area contributed by atoms with Gasteiger partial charge in [0, 0.05) is 12.6 Å². The fraction of sp³-hybridized carbons (Fsp3) is 0.462. The first kappa shape index (κ1) is 14.4. The Hall–Kier alpha value is -1.62. The van der Waals surface area contributed by atoms with E-state index >= 15 is 0 Å². The van der Waals surface area contributed by atoms with Crippen molar-refractivity contribution in [3.63, 3.8) is 0 Å². The van der Waals surface area contributed by atoms with E-state index in [0.29, 0.717) is 5.56 Å². The van der Waals surface area contributed by atoms with Crippen LogP contribution >= 0.6 is 0 Å². The van der Waals surface area contributed by atoms with Crippen molar-refractivity contribution < 1.29 is 19.0 Å². The number of benzene rings is 1. The molecule has 0 aromatic heterocycles. The van der Waals surface area contributed by atoms with Gasteiger partial charge in [-0.2, -0.15) is 0 Å². The molecular formula is C13H18FNO3. The number of methoxy groups -OCH3 is 1. The second-order valence-electron chi connectivity index (χ2n) is 4.68. The van der Waals surface area contributed by atoms with Crippen LogP contribution in [-0.2, 0) is 0 Å². The van der Waals surface area contributed by atoms with Gasteiger partial charge in [0.25, 0.3) is 5.91 Å². The molecule has 1 aromatic rings. The first-order valence-electron chi connectivity index (χ1n) is 5.56. The lowest BCUT2D eigenvalue weighted by molar-refractivity contribution is 0.0473. The lowest BCUT2D eigenvalue weighted by atomic mass is 10.0. The summed E-state index contributed by atoms with van der Waals surface area (Å²) < 4.78 is 18.1. The highest BCUT2D eigenvalue weighted by atomic mass is 19.1. The predicted molar refractivity (Wildman–Crippen MR) is 66.2 cm³/mol. The quantitative estimate of drug-likeness (QED) is 0.890. The smallest absolute Gasteiger partial charge is 0.254 e. The van der Waals surface area contributed by atoms with E-state index in [1.165, 1.54) is 30.2 Å². The number of likely N-dealkylation sites (N-methyl/N-ethyl adjacent to an activating group) is 1. The monoisotopic (exact) mass is 255 g/mol. The van der Waals surface area contributed by atoms with Crippen molar-refractivity contribution in [1.82, 2.24) is 4.90 Å². The molecule has 0 unspecified atom stereocenters. The van der Waals surface area contributed by atoms with Gasteiger partial charge in [0.05, 0.1) is 19.3 Å². The van der Waals surface area contributed by atoms with Crippen LogP contribution in [0.4, 0.5) is 4.39 Å². The highest BCUT2D eigenvalue weighted by molar-refractivity contribution is 5.95. The average Bonchev–Trinajstić information content (AvgIpc) is 2.37. The lowest BCUT2D eigenvalue weighted by Crippen LogP contribution is -2.47. The second kappa shape index (κ2) is 5.35. The average molecular weight is 255 g/mol. The number of nitrogens with zero attached hydrogens (tertiary/aromatic N) is 1. The molecule has 1 N–H and O–H groups in total. The normalized spacial score (nSPS) is 11.2. The Morgan fingerprint density at radius 3 is 2.61 bits per heavy atom. The number of halogens is 1. The second-order valence-corrected chi connectivity index (χ2v) is 4.68. The van der Waals surface area contributed by atoms with E-state index in [0.717, 1.165) is 0 Å². The van der Waals surface area contributed by atoms with Crippen LogP contribution in [-0.4, -0.2) is 42.2 Å². The van der Waals surface area contributed by atoms with Gasteiger partial charge >= 0.3 is 0 Å². The number of aliphatic hydroxyl groups excluding tert-OH is 1. The first-order chi connectivity index (χ1) is 8.33. The van der Waals surface area contributed by atoms with Crippen molar-refractivity contribution in [2.45, 2.75) is 19.4 Å². The Labute approximate surface area is 106 Å². The maximum Gasteiger partial charge on any atom is 0.254 e. The molecule has 0 saturated heterocycles. The Morgan fingerprint density at radius 1 is 1.50 bits per heavy atom. The molecule has 100 valence electrons. The molecule has 0 fully saturated rings. The fourth-order valence-corrected chi connectivity index (χ4v) is 1.37. The van der Waals surface area contributed by atoms with E-state index < -0.39 is 11.4 Å². The molecule has 1 amide bonds. The number of carbonyl (C=O) groups is 1. The topological polar surface area (TPSA) is 49.8 Å². The summed E-state index contributed by atoms with van der Waals surface area (Å²) in [5, 5.41) is 9.23. The summed E-state index contributed by atoms with van der Waals surface area (Å²) in [6.07, 6.45) is 0. The number of hydrogen-bond acceptors (Lipinski definition) is 3.